The standard InChI is InChI=1S/C11H12N4/c1-9-6-11(15-14-7-9)13-8-10-4-2-3-5-12-10/h2-7H,8H2,1H3,(H,13,15). The molecule has 0 aliphatic carbocycles. The quantitative estimate of drug-likeness (QED) is 0.820. The molecule has 4 nitrogen and oxygen atoms in total. The molecule has 0 unspecified atom stereocenters. The van der Waals surface area contributed by atoms with Crippen LogP contribution in [-0.2, 0) is 6.54 Å². The molecule has 0 aliphatic heterocycles. The summed E-state index contributed by atoms with van der Waals surface area (Å²) in [6, 6.07) is 7.79. The second kappa shape index (κ2) is 4.50. The summed E-state index contributed by atoms with van der Waals surface area (Å²) in [5.74, 6) is 0.778. The van der Waals surface area contributed by atoms with Crippen LogP contribution in [0, 0.1) is 6.92 Å². The lowest BCUT2D eigenvalue weighted by Gasteiger charge is -2.04. The van der Waals surface area contributed by atoms with Crippen molar-refractivity contribution in [1.29, 1.82) is 0 Å². The van der Waals surface area contributed by atoms with E-state index < -0.39 is 0 Å². The predicted octanol–water partition coefficient (Wildman–Crippen LogP) is 1.79. The zero-order valence-corrected chi connectivity index (χ0v) is 8.51. The van der Waals surface area contributed by atoms with Crippen LogP contribution in [-0.4, -0.2) is 15.2 Å². The van der Waals surface area contributed by atoms with Gasteiger partial charge in [-0.05, 0) is 30.7 Å². The van der Waals surface area contributed by atoms with Gasteiger partial charge >= 0.3 is 0 Å². The lowest BCUT2D eigenvalue weighted by Crippen LogP contribution is -2.03. The minimum absolute atomic E-state index is 0.666. The number of hydrogen-bond donors (Lipinski definition) is 1. The van der Waals surface area contributed by atoms with Gasteiger partial charge in [0.25, 0.3) is 0 Å². The van der Waals surface area contributed by atoms with Crippen molar-refractivity contribution >= 4 is 5.82 Å². The van der Waals surface area contributed by atoms with Crippen molar-refractivity contribution in [2.24, 2.45) is 0 Å². The fourth-order valence-corrected chi connectivity index (χ4v) is 1.23. The highest BCUT2D eigenvalue weighted by Gasteiger charge is 1.96. The van der Waals surface area contributed by atoms with Crippen molar-refractivity contribution in [3.8, 4) is 0 Å². The maximum atomic E-state index is 4.21. The third-order valence-corrected chi connectivity index (χ3v) is 1.97. The first kappa shape index (κ1) is 9.58. The first-order valence-electron chi connectivity index (χ1n) is 4.78. The van der Waals surface area contributed by atoms with Gasteiger partial charge in [0.15, 0.2) is 0 Å². The summed E-state index contributed by atoms with van der Waals surface area (Å²) >= 11 is 0. The molecular weight excluding hydrogens is 188 g/mol. The van der Waals surface area contributed by atoms with E-state index in [0.29, 0.717) is 6.54 Å². The fourth-order valence-electron chi connectivity index (χ4n) is 1.23. The summed E-state index contributed by atoms with van der Waals surface area (Å²) in [4.78, 5) is 4.21. The van der Waals surface area contributed by atoms with E-state index in [1.807, 2.05) is 31.2 Å². The molecule has 0 aromatic carbocycles. The predicted molar refractivity (Wildman–Crippen MR) is 58.3 cm³/mol. The van der Waals surface area contributed by atoms with Crippen molar-refractivity contribution in [1.82, 2.24) is 15.2 Å². The monoisotopic (exact) mass is 200 g/mol. The van der Waals surface area contributed by atoms with Gasteiger partial charge in [0.05, 0.1) is 18.4 Å². The van der Waals surface area contributed by atoms with E-state index in [9.17, 15) is 0 Å². The molecule has 0 amide bonds. The van der Waals surface area contributed by atoms with Crippen LogP contribution in [0.1, 0.15) is 11.3 Å². The van der Waals surface area contributed by atoms with Gasteiger partial charge in [0.1, 0.15) is 5.82 Å². The Kier molecular flexibility index (Phi) is 2.88. The molecule has 0 fully saturated rings. The van der Waals surface area contributed by atoms with Crippen molar-refractivity contribution < 1.29 is 0 Å². The van der Waals surface area contributed by atoms with Crippen molar-refractivity contribution in [2.75, 3.05) is 5.32 Å². The van der Waals surface area contributed by atoms with Gasteiger partial charge in [-0.25, -0.2) is 0 Å². The first-order chi connectivity index (χ1) is 7.34. The molecule has 0 radical (unpaired) electrons. The number of nitrogens with zero attached hydrogens (tertiary/aromatic N) is 3. The summed E-state index contributed by atoms with van der Waals surface area (Å²) in [6.45, 7) is 2.65. The lowest BCUT2D eigenvalue weighted by molar-refractivity contribution is 0.969. The average molecular weight is 200 g/mol. The van der Waals surface area contributed by atoms with E-state index in [1.54, 1.807) is 12.4 Å². The van der Waals surface area contributed by atoms with Crippen molar-refractivity contribution in [3.05, 3.63) is 47.9 Å². The zero-order valence-electron chi connectivity index (χ0n) is 8.51. The highest BCUT2D eigenvalue weighted by molar-refractivity contribution is 5.35. The highest BCUT2D eigenvalue weighted by Crippen LogP contribution is 2.04. The van der Waals surface area contributed by atoms with Crippen LogP contribution in [0.2, 0.25) is 0 Å². The van der Waals surface area contributed by atoms with Crippen LogP contribution >= 0.6 is 0 Å². The second-order valence-corrected chi connectivity index (χ2v) is 3.29. The van der Waals surface area contributed by atoms with Crippen molar-refractivity contribution in [2.45, 2.75) is 13.5 Å². The van der Waals surface area contributed by atoms with Crippen LogP contribution in [0.25, 0.3) is 0 Å². The van der Waals surface area contributed by atoms with Crippen LogP contribution in [0.5, 0.6) is 0 Å². The third kappa shape index (κ3) is 2.74. The molecule has 2 heterocycles. The smallest absolute Gasteiger partial charge is 0.149 e. The van der Waals surface area contributed by atoms with E-state index in [2.05, 4.69) is 20.5 Å². The minimum atomic E-state index is 0.666. The van der Waals surface area contributed by atoms with E-state index in [1.165, 1.54) is 0 Å². The highest BCUT2D eigenvalue weighted by atomic mass is 15.2. The SMILES string of the molecule is Cc1cnnc(NCc2ccccn2)c1. The Labute approximate surface area is 88.4 Å². The Bertz CT molecular complexity index is 428. The van der Waals surface area contributed by atoms with E-state index >= 15 is 0 Å². The number of anilines is 1. The molecule has 76 valence electrons. The largest absolute Gasteiger partial charge is 0.363 e. The molecule has 2 aromatic rings. The Morgan fingerprint density at radius 1 is 1.33 bits per heavy atom. The van der Waals surface area contributed by atoms with E-state index in [-0.39, 0.29) is 0 Å². The van der Waals surface area contributed by atoms with Crippen LogP contribution in [0.3, 0.4) is 0 Å². The van der Waals surface area contributed by atoms with E-state index in [4.69, 9.17) is 0 Å². The number of hydrogen-bond acceptors (Lipinski definition) is 4. The van der Waals surface area contributed by atoms with Crippen LogP contribution in [0.4, 0.5) is 5.82 Å². The molecule has 1 N–H and O–H groups in total. The summed E-state index contributed by atoms with van der Waals surface area (Å²) in [7, 11) is 0. The summed E-state index contributed by atoms with van der Waals surface area (Å²) in [6.07, 6.45) is 3.50. The normalized spacial score (nSPS) is 9.93. The van der Waals surface area contributed by atoms with Crippen LogP contribution in [0.15, 0.2) is 36.7 Å². The first-order valence-corrected chi connectivity index (χ1v) is 4.78. The number of rotatable bonds is 3. The molecule has 2 rings (SSSR count). The van der Waals surface area contributed by atoms with Gasteiger partial charge in [-0.2, -0.15) is 5.10 Å². The minimum Gasteiger partial charge on any atom is -0.363 e. The number of pyridine rings is 1. The van der Waals surface area contributed by atoms with E-state index in [0.717, 1.165) is 17.1 Å². The molecule has 0 spiro atoms. The van der Waals surface area contributed by atoms with Gasteiger partial charge in [-0.1, -0.05) is 6.07 Å². The Morgan fingerprint density at radius 2 is 2.27 bits per heavy atom. The molecule has 0 atom stereocenters. The molecule has 0 bridgehead atoms. The van der Waals surface area contributed by atoms with Gasteiger partial charge in [0.2, 0.25) is 0 Å². The molecule has 0 saturated carbocycles. The summed E-state index contributed by atoms with van der Waals surface area (Å²) < 4.78 is 0. The molecule has 4 heteroatoms. The Morgan fingerprint density at radius 3 is 3.00 bits per heavy atom. The second-order valence-electron chi connectivity index (χ2n) is 3.29. The fraction of sp³-hybridized carbons (Fsp3) is 0.182. The Balaban J connectivity index is 1.99. The maximum Gasteiger partial charge on any atom is 0.149 e. The lowest BCUT2D eigenvalue weighted by atomic mass is 10.3. The van der Waals surface area contributed by atoms with Crippen LogP contribution < -0.4 is 5.32 Å². The average Bonchev–Trinajstić information content (AvgIpc) is 2.28. The Hall–Kier alpha value is -1.97. The molecule has 2 aromatic heterocycles. The molecule has 15 heavy (non-hydrogen) atoms. The third-order valence-electron chi connectivity index (χ3n) is 1.97. The van der Waals surface area contributed by atoms with Gasteiger partial charge < -0.3 is 5.32 Å². The number of aromatic nitrogens is 3. The number of aryl methyl sites for hydroxylation is 1. The molecular formula is C11H12N4. The summed E-state index contributed by atoms with van der Waals surface area (Å²) in [5, 5.41) is 11.0. The maximum absolute atomic E-state index is 4.21. The van der Waals surface area contributed by atoms with Gasteiger partial charge in [0, 0.05) is 6.20 Å². The van der Waals surface area contributed by atoms with Gasteiger partial charge in [-0.3, -0.25) is 4.98 Å². The molecule has 0 aliphatic rings. The summed E-state index contributed by atoms with van der Waals surface area (Å²) in [5.41, 5.74) is 2.08. The zero-order chi connectivity index (χ0) is 10.5. The molecule has 0 saturated heterocycles. The van der Waals surface area contributed by atoms with Crippen molar-refractivity contribution in [3.63, 3.8) is 0 Å². The van der Waals surface area contributed by atoms with Gasteiger partial charge in [-0.15, -0.1) is 5.10 Å². The number of nitrogens with one attached hydrogen (secondary N) is 1. The topological polar surface area (TPSA) is 50.7 Å².